The van der Waals surface area contributed by atoms with Gasteiger partial charge in [-0.25, -0.2) is 4.79 Å². The maximum Gasteiger partial charge on any atom is 0.340 e. The molecule has 3 aliphatic rings. The predicted molar refractivity (Wildman–Crippen MR) is 87.1 cm³/mol. The zero-order valence-electron chi connectivity index (χ0n) is 13.9. The summed E-state index contributed by atoms with van der Waals surface area (Å²) >= 11 is 0. The number of ether oxygens (including phenoxy) is 2. The van der Waals surface area contributed by atoms with Crippen LogP contribution >= 0.6 is 0 Å². The summed E-state index contributed by atoms with van der Waals surface area (Å²) in [5, 5.41) is 0. The smallest absolute Gasteiger partial charge is 0.340 e. The van der Waals surface area contributed by atoms with Gasteiger partial charge in [0.2, 0.25) is 0 Å². The van der Waals surface area contributed by atoms with Crippen LogP contribution < -0.4 is 0 Å². The van der Waals surface area contributed by atoms with Gasteiger partial charge in [0.15, 0.2) is 12.2 Å². The Bertz CT molecular complexity index is 642. The molecule has 4 rings (SSSR count). The van der Waals surface area contributed by atoms with Crippen molar-refractivity contribution in [1.29, 1.82) is 0 Å². The number of esters is 1. The van der Waals surface area contributed by atoms with Crippen molar-refractivity contribution < 1.29 is 19.1 Å². The summed E-state index contributed by atoms with van der Waals surface area (Å²) in [6, 6.07) is 9.27. The number of rotatable bonds is 4. The zero-order valence-corrected chi connectivity index (χ0v) is 13.9. The lowest BCUT2D eigenvalue weighted by Crippen LogP contribution is -2.41. The molecule has 24 heavy (non-hydrogen) atoms. The highest BCUT2D eigenvalue weighted by Crippen LogP contribution is 2.54. The van der Waals surface area contributed by atoms with Crippen molar-refractivity contribution >= 4 is 11.9 Å². The standard InChI is InChI=1S/C19H23NO4/c1-23-15(13-7-3-2-4-8-13)18(22)24-16-14-9-5-10-19(14)11-6-12-20(19)17(16)21/h2-4,7-8,14-16H,5-6,9-12H2,1H3/t14-,15+,16+,19+/m1/s1. The van der Waals surface area contributed by atoms with Crippen LogP contribution in [0.5, 0.6) is 0 Å². The topological polar surface area (TPSA) is 55.8 Å². The summed E-state index contributed by atoms with van der Waals surface area (Å²) in [6.07, 6.45) is 3.80. The van der Waals surface area contributed by atoms with Crippen LogP contribution in [0.15, 0.2) is 30.3 Å². The average molecular weight is 329 g/mol. The predicted octanol–water partition coefficient (Wildman–Crippen LogP) is 2.46. The molecule has 5 nitrogen and oxygen atoms in total. The molecule has 0 radical (unpaired) electrons. The first-order valence-electron chi connectivity index (χ1n) is 8.77. The Morgan fingerprint density at radius 1 is 1.25 bits per heavy atom. The van der Waals surface area contributed by atoms with Crippen molar-refractivity contribution in [2.45, 2.75) is 49.9 Å². The Balaban J connectivity index is 1.54. The molecule has 0 unspecified atom stereocenters. The van der Waals surface area contributed by atoms with Crippen LogP contribution in [0.2, 0.25) is 0 Å². The van der Waals surface area contributed by atoms with Gasteiger partial charge in [0.1, 0.15) is 0 Å². The van der Waals surface area contributed by atoms with E-state index < -0.39 is 18.2 Å². The fourth-order valence-electron chi connectivity index (χ4n) is 5.03. The van der Waals surface area contributed by atoms with E-state index >= 15 is 0 Å². The van der Waals surface area contributed by atoms with Crippen molar-refractivity contribution in [3.63, 3.8) is 0 Å². The van der Waals surface area contributed by atoms with Crippen molar-refractivity contribution in [3.05, 3.63) is 35.9 Å². The van der Waals surface area contributed by atoms with E-state index in [1.54, 1.807) is 0 Å². The van der Waals surface area contributed by atoms with Crippen molar-refractivity contribution in [2.75, 3.05) is 13.7 Å². The Kier molecular flexibility index (Phi) is 3.83. The fourth-order valence-corrected chi connectivity index (χ4v) is 5.03. The summed E-state index contributed by atoms with van der Waals surface area (Å²) in [5.41, 5.74) is 0.703. The summed E-state index contributed by atoms with van der Waals surface area (Å²) in [4.78, 5) is 27.4. The van der Waals surface area contributed by atoms with E-state index in [-0.39, 0.29) is 17.4 Å². The lowest BCUT2D eigenvalue weighted by molar-refractivity contribution is -0.167. The zero-order chi connectivity index (χ0) is 16.7. The molecule has 0 bridgehead atoms. The number of carbonyl (C=O) groups is 2. The van der Waals surface area contributed by atoms with E-state index in [1.807, 2.05) is 35.2 Å². The van der Waals surface area contributed by atoms with Crippen LogP contribution in [0.4, 0.5) is 0 Å². The molecule has 4 atom stereocenters. The van der Waals surface area contributed by atoms with Crippen LogP contribution in [-0.4, -0.2) is 42.1 Å². The minimum absolute atomic E-state index is 0.00605. The number of nitrogens with zero attached hydrogens (tertiary/aromatic N) is 1. The summed E-state index contributed by atoms with van der Waals surface area (Å²) < 4.78 is 11.1. The van der Waals surface area contributed by atoms with Gasteiger partial charge in [0.05, 0.1) is 0 Å². The molecular weight excluding hydrogens is 306 g/mol. The molecular formula is C19H23NO4. The second-order valence-electron chi connectivity index (χ2n) is 7.08. The first kappa shape index (κ1) is 15.6. The van der Waals surface area contributed by atoms with Gasteiger partial charge in [-0.3, -0.25) is 4.79 Å². The monoisotopic (exact) mass is 329 g/mol. The first-order chi connectivity index (χ1) is 11.7. The second-order valence-corrected chi connectivity index (χ2v) is 7.08. The Labute approximate surface area is 141 Å². The molecule has 0 N–H and O–H groups in total. The van der Waals surface area contributed by atoms with Crippen molar-refractivity contribution in [3.8, 4) is 0 Å². The number of methoxy groups -OCH3 is 1. The molecule has 2 heterocycles. The highest BCUT2D eigenvalue weighted by atomic mass is 16.6. The third kappa shape index (κ3) is 2.18. The minimum atomic E-state index is -0.785. The van der Waals surface area contributed by atoms with E-state index in [2.05, 4.69) is 0 Å². The van der Waals surface area contributed by atoms with Crippen LogP contribution in [0.25, 0.3) is 0 Å². The first-order valence-corrected chi connectivity index (χ1v) is 8.77. The number of amides is 1. The van der Waals surface area contributed by atoms with E-state index in [0.29, 0.717) is 0 Å². The van der Waals surface area contributed by atoms with E-state index in [0.717, 1.165) is 44.2 Å². The van der Waals surface area contributed by atoms with Crippen molar-refractivity contribution in [1.82, 2.24) is 4.90 Å². The van der Waals surface area contributed by atoms with Crippen LogP contribution in [0.3, 0.4) is 0 Å². The lowest BCUT2D eigenvalue weighted by Gasteiger charge is -2.31. The lowest BCUT2D eigenvalue weighted by atomic mass is 9.85. The molecule has 1 aromatic rings. The summed E-state index contributed by atoms with van der Waals surface area (Å²) in [6.45, 7) is 0.801. The largest absolute Gasteiger partial charge is 0.450 e. The van der Waals surface area contributed by atoms with Crippen LogP contribution in [0, 0.1) is 5.92 Å². The maximum absolute atomic E-state index is 12.8. The number of hydrogen-bond acceptors (Lipinski definition) is 4. The number of carbonyl (C=O) groups excluding carboxylic acids is 2. The molecule has 2 saturated heterocycles. The van der Waals surface area contributed by atoms with Gasteiger partial charge in [-0.1, -0.05) is 36.8 Å². The molecule has 3 fully saturated rings. The molecule has 2 aliphatic heterocycles. The molecule has 1 aromatic carbocycles. The molecule has 1 aliphatic carbocycles. The number of benzene rings is 1. The molecule has 1 spiro atoms. The number of hydrogen-bond donors (Lipinski definition) is 0. The summed E-state index contributed by atoms with van der Waals surface area (Å²) in [7, 11) is 1.49. The molecule has 128 valence electrons. The second kappa shape index (κ2) is 5.88. The molecule has 0 aromatic heterocycles. The molecule has 1 saturated carbocycles. The SMILES string of the molecule is CO[C@H](C(=O)O[C@@H]1C(=O)N2CCC[C@]23CCC[C@H]13)c1ccccc1. The van der Waals surface area contributed by atoms with Gasteiger partial charge in [0.25, 0.3) is 5.91 Å². The van der Waals surface area contributed by atoms with Gasteiger partial charge in [0, 0.05) is 25.1 Å². The van der Waals surface area contributed by atoms with Gasteiger partial charge in [-0.2, -0.15) is 0 Å². The Hall–Kier alpha value is -1.88. The van der Waals surface area contributed by atoms with Gasteiger partial charge >= 0.3 is 5.97 Å². The van der Waals surface area contributed by atoms with Gasteiger partial charge < -0.3 is 14.4 Å². The third-order valence-corrected chi connectivity index (χ3v) is 6.01. The van der Waals surface area contributed by atoms with E-state index in [1.165, 1.54) is 7.11 Å². The maximum atomic E-state index is 12.8. The fraction of sp³-hybridized carbons (Fsp3) is 0.579. The normalized spacial score (nSPS) is 32.5. The third-order valence-electron chi connectivity index (χ3n) is 6.01. The summed E-state index contributed by atoms with van der Waals surface area (Å²) in [5.74, 6) is -0.330. The minimum Gasteiger partial charge on any atom is -0.450 e. The quantitative estimate of drug-likeness (QED) is 0.796. The van der Waals surface area contributed by atoms with E-state index in [4.69, 9.17) is 9.47 Å². The molecule has 1 amide bonds. The van der Waals surface area contributed by atoms with Crippen LogP contribution in [-0.2, 0) is 19.1 Å². The van der Waals surface area contributed by atoms with Gasteiger partial charge in [-0.15, -0.1) is 0 Å². The van der Waals surface area contributed by atoms with E-state index in [9.17, 15) is 9.59 Å². The van der Waals surface area contributed by atoms with Gasteiger partial charge in [-0.05, 0) is 31.2 Å². The Morgan fingerprint density at radius 3 is 2.75 bits per heavy atom. The molecule has 5 heteroatoms. The highest BCUT2D eigenvalue weighted by Gasteiger charge is 2.63. The highest BCUT2D eigenvalue weighted by molar-refractivity contribution is 5.89. The Morgan fingerprint density at radius 2 is 2.00 bits per heavy atom. The van der Waals surface area contributed by atoms with Crippen molar-refractivity contribution in [2.24, 2.45) is 5.92 Å². The van der Waals surface area contributed by atoms with Crippen LogP contribution in [0.1, 0.15) is 43.8 Å². The average Bonchev–Trinajstić information content (AvgIpc) is 3.25.